The van der Waals surface area contributed by atoms with Crippen LogP contribution in [0.1, 0.15) is 49.4 Å². The first-order valence-electron chi connectivity index (χ1n) is 8.74. The zero-order chi connectivity index (χ0) is 18.4. The molecular formula is C21H26ClNO2. The van der Waals surface area contributed by atoms with Gasteiger partial charge < -0.3 is 10.1 Å². The van der Waals surface area contributed by atoms with Crippen LogP contribution in [0, 0.1) is 13.8 Å². The highest BCUT2D eigenvalue weighted by molar-refractivity contribution is 6.30. The Morgan fingerprint density at radius 1 is 1.08 bits per heavy atom. The highest BCUT2D eigenvalue weighted by atomic mass is 35.5. The summed E-state index contributed by atoms with van der Waals surface area (Å²) in [5.74, 6) is 0.501. The minimum absolute atomic E-state index is 0.0242. The first kappa shape index (κ1) is 19.3. The number of carbonyl (C=O) groups excluding carboxylic acids is 1. The topological polar surface area (TPSA) is 38.3 Å². The van der Waals surface area contributed by atoms with Gasteiger partial charge in [0.25, 0.3) is 5.91 Å². The van der Waals surface area contributed by atoms with Crippen LogP contribution in [-0.4, -0.2) is 12.0 Å². The van der Waals surface area contributed by atoms with Crippen LogP contribution in [0.15, 0.2) is 42.5 Å². The van der Waals surface area contributed by atoms with Crippen molar-refractivity contribution in [3.63, 3.8) is 0 Å². The van der Waals surface area contributed by atoms with Crippen LogP contribution in [0.5, 0.6) is 5.75 Å². The maximum atomic E-state index is 12.7. The molecule has 0 saturated carbocycles. The first-order chi connectivity index (χ1) is 11.9. The molecular weight excluding hydrogens is 334 g/mol. The highest BCUT2D eigenvalue weighted by Gasteiger charge is 2.22. The van der Waals surface area contributed by atoms with Gasteiger partial charge >= 0.3 is 0 Å². The Kier molecular flexibility index (Phi) is 6.89. The molecule has 25 heavy (non-hydrogen) atoms. The van der Waals surface area contributed by atoms with Crippen molar-refractivity contribution in [3.8, 4) is 5.75 Å². The van der Waals surface area contributed by atoms with Crippen molar-refractivity contribution in [2.24, 2.45) is 0 Å². The summed E-state index contributed by atoms with van der Waals surface area (Å²) in [6.07, 6.45) is 0.864. The lowest BCUT2D eigenvalue weighted by molar-refractivity contribution is -0.128. The van der Waals surface area contributed by atoms with E-state index in [0.29, 0.717) is 17.2 Å². The minimum Gasteiger partial charge on any atom is -0.481 e. The summed E-state index contributed by atoms with van der Waals surface area (Å²) in [5.41, 5.74) is 3.60. The summed E-state index contributed by atoms with van der Waals surface area (Å²) in [6.45, 7) is 8.18. The summed E-state index contributed by atoms with van der Waals surface area (Å²) in [6, 6.07) is 13.4. The van der Waals surface area contributed by atoms with E-state index in [9.17, 15) is 4.79 Å². The van der Waals surface area contributed by atoms with E-state index in [4.69, 9.17) is 16.3 Å². The fourth-order valence-corrected chi connectivity index (χ4v) is 2.87. The van der Waals surface area contributed by atoms with Crippen molar-refractivity contribution in [2.75, 3.05) is 0 Å². The minimum atomic E-state index is -0.543. The zero-order valence-electron chi connectivity index (χ0n) is 15.3. The number of carbonyl (C=O) groups is 1. The van der Waals surface area contributed by atoms with Crippen molar-refractivity contribution in [1.82, 2.24) is 5.32 Å². The van der Waals surface area contributed by atoms with Gasteiger partial charge in [0, 0.05) is 5.02 Å². The Hall–Kier alpha value is -2.00. The maximum absolute atomic E-state index is 12.7. The molecule has 0 aliphatic heterocycles. The van der Waals surface area contributed by atoms with E-state index in [1.165, 1.54) is 11.1 Å². The monoisotopic (exact) mass is 359 g/mol. The average molecular weight is 360 g/mol. The van der Waals surface area contributed by atoms with E-state index in [0.717, 1.165) is 12.0 Å². The third-order valence-corrected chi connectivity index (χ3v) is 4.63. The lowest BCUT2D eigenvalue weighted by atomic mass is 9.99. The van der Waals surface area contributed by atoms with Crippen LogP contribution in [0.2, 0.25) is 5.02 Å². The SMILES string of the molecule is CCC(Oc1cccc(Cl)c1)C(=O)NC(CC)c1ccc(C)c(C)c1. The number of hydrogen-bond acceptors (Lipinski definition) is 2. The summed E-state index contributed by atoms with van der Waals surface area (Å²) in [7, 11) is 0. The second-order valence-electron chi connectivity index (χ2n) is 6.29. The van der Waals surface area contributed by atoms with Gasteiger partial charge in [-0.15, -0.1) is 0 Å². The molecule has 1 amide bonds. The van der Waals surface area contributed by atoms with Crippen molar-refractivity contribution in [3.05, 3.63) is 64.2 Å². The van der Waals surface area contributed by atoms with E-state index in [1.807, 2.05) is 19.1 Å². The molecule has 0 aromatic heterocycles. The lowest BCUT2D eigenvalue weighted by Crippen LogP contribution is -2.40. The molecule has 1 N–H and O–H groups in total. The summed E-state index contributed by atoms with van der Waals surface area (Å²) in [5, 5.41) is 3.71. The first-order valence-corrected chi connectivity index (χ1v) is 9.12. The zero-order valence-corrected chi connectivity index (χ0v) is 16.1. The predicted octanol–water partition coefficient (Wildman–Crippen LogP) is 5.38. The number of hydrogen-bond donors (Lipinski definition) is 1. The second-order valence-corrected chi connectivity index (χ2v) is 6.72. The molecule has 2 aromatic carbocycles. The van der Waals surface area contributed by atoms with Crippen LogP contribution in [0.3, 0.4) is 0 Å². The quantitative estimate of drug-likeness (QED) is 0.720. The number of nitrogens with one attached hydrogen (secondary N) is 1. The Balaban J connectivity index is 2.09. The highest BCUT2D eigenvalue weighted by Crippen LogP contribution is 2.22. The van der Waals surface area contributed by atoms with E-state index in [2.05, 4.69) is 44.3 Å². The molecule has 3 nitrogen and oxygen atoms in total. The fraction of sp³-hybridized carbons (Fsp3) is 0.381. The molecule has 0 bridgehead atoms. The number of ether oxygens (including phenoxy) is 1. The molecule has 0 saturated heterocycles. The third kappa shape index (κ3) is 5.23. The van der Waals surface area contributed by atoms with Crippen LogP contribution < -0.4 is 10.1 Å². The summed E-state index contributed by atoms with van der Waals surface area (Å²) < 4.78 is 5.83. The molecule has 134 valence electrons. The molecule has 0 spiro atoms. The van der Waals surface area contributed by atoms with E-state index in [1.54, 1.807) is 12.1 Å². The maximum Gasteiger partial charge on any atom is 0.261 e. The molecule has 0 aliphatic rings. The van der Waals surface area contributed by atoms with Gasteiger partial charge in [-0.1, -0.05) is 49.7 Å². The molecule has 4 heteroatoms. The third-order valence-electron chi connectivity index (χ3n) is 4.40. The molecule has 2 rings (SSSR count). The average Bonchev–Trinajstić information content (AvgIpc) is 2.60. The van der Waals surface area contributed by atoms with Gasteiger partial charge in [-0.05, 0) is 61.6 Å². The Morgan fingerprint density at radius 3 is 2.44 bits per heavy atom. The van der Waals surface area contributed by atoms with Crippen LogP contribution in [0.4, 0.5) is 0 Å². The van der Waals surface area contributed by atoms with Crippen molar-refractivity contribution >= 4 is 17.5 Å². The Morgan fingerprint density at radius 2 is 1.84 bits per heavy atom. The molecule has 2 unspecified atom stereocenters. The Bertz CT molecular complexity index is 730. The van der Waals surface area contributed by atoms with E-state index in [-0.39, 0.29) is 11.9 Å². The van der Waals surface area contributed by atoms with Crippen molar-refractivity contribution < 1.29 is 9.53 Å². The molecule has 2 aromatic rings. The smallest absolute Gasteiger partial charge is 0.261 e. The van der Waals surface area contributed by atoms with Gasteiger partial charge in [-0.25, -0.2) is 0 Å². The fourth-order valence-electron chi connectivity index (χ4n) is 2.69. The van der Waals surface area contributed by atoms with Crippen LogP contribution in [0.25, 0.3) is 0 Å². The number of benzene rings is 2. The van der Waals surface area contributed by atoms with Crippen LogP contribution >= 0.6 is 11.6 Å². The van der Waals surface area contributed by atoms with Crippen LogP contribution in [-0.2, 0) is 4.79 Å². The number of rotatable bonds is 7. The molecule has 0 heterocycles. The summed E-state index contributed by atoms with van der Waals surface area (Å²) in [4.78, 5) is 12.7. The number of amides is 1. The van der Waals surface area contributed by atoms with Gasteiger partial charge in [-0.2, -0.15) is 0 Å². The van der Waals surface area contributed by atoms with Gasteiger partial charge in [0.1, 0.15) is 5.75 Å². The second kappa shape index (κ2) is 8.91. The predicted molar refractivity (Wildman–Crippen MR) is 103 cm³/mol. The molecule has 0 radical (unpaired) electrons. The van der Waals surface area contributed by atoms with Gasteiger partial charge in [0.15, 0.2) is 6.10 Å². The van der Waals surface area contributed by atoms with Gasteiger partial charge in [-0.3, -0.25) is 4.79 Å². The van der Waals surface area contributed by atoms with E-state index >= 15 is 0 Å². The normalized spacial score (nSPS) is 13.2. The standard InChI is InChI=1S/C21H26ClNO2/c1-5-19(16-11-10-14(3)15(4)12-16)23-21(24)20(6-2)25-18-9-7-8-17(22)13-18/h7-13,19-20H,5-6H2,1-4H3,(H,23,24). The molecule has 0 fully saturated rings. The lowest BCUT2D eigenvalue weighted by Gasteiger charge is -2.23. The molecule has 2 atom stereocenters. The number of halogens is 1. The van der Waals surface area contributed by atoms with Gasteiger partial charge in [0.2, 0.25) is 0 Å². The summed E-state index contributed by atoms with van der Waals surface area (Å²) >= 11 is 5.98. The largest absolute Gasteiger partial charge is 0.481 e. The van der Waals surface area contributed by atoms with E-state index < -0.39 is 6.10 Å². The van der Waals surface area contributed by atoms with Crippen molar-refractivity contribution in [2.45, 2.75) is 52.7 Å². The van der Waals surface area contributed by atoms with Gasteiger partial charge in [0.05, 0.1) is 6.04 Å². The molecule has 0 aliphatic carbocycles. The number of aryl methyl sites for hydroxylation is 2. The Labute approximate surface area is 155 Å². The van der Waals surface area contributed by atoms with Crippen molar-refractivity contribution in [1.29, 1.82) is 0 Å².